The number of carbonyl (C=O) groups is 1. The molecule has 2 saturated heterocycles. The lowest BCUT2D eigenvalue weighted by Crippen LogP contribution is -2.53. The van der Waals surface area contributed by atoms with Crippen molar-refractivity contribution in [2.75, 3.05) is 25.9 Å². The molecule has 2 heterocycles. The Bertz CT molecular complexity index is 277. The third-order valence-corrected chi connectivity index (χ3v) is 5.27. The molecule has 2 atom stereocenters. The van der Waals surface area contributed by atoms with E-state index in [9.17, 15) is 4.79 Å². The first-order valence-corrected chi connectivity index (χ1v) is 8.02. The van der Waals surface area contributed by atoms with Crippen LogP contribution >= 0.6 is 11.8 Å². The summed E-state index contributed by atoms with van der Waals surface area (Å²) in [6, 6.07) is 0. The van der Waals surface area contributed by atoms with Gasteiger partial charge in [-0.2, -0.15) is 11.8 Å². The van der Waals surface area contributed by atoms with E-state index in [1.165, 1.54) is 6.42 Å². The Morgan fingerprint density at radius 1 is 1.35 bits per heavy atom. The highest BCUT2D eigenvalue weighted by Crippen LogP contribution is 2.25. The Labute approximate surface area is 109 Å². The normalized spacial score (nSPS) is 34.7. The molecule has 98 valence electrons. The highest BCUT2D eigenvalue weighted by molar-refractivity contribution is 7.99. The molecule has 0 bridgehead atoms. The SMILES string of the molecule is CSC1CCCN(C(=O)C2(C)CCCN2)CC1. The molecule has 0 saturated carbocycles. The minimum absolute atomic E-state index is 0.279. The van der Waals surface area contributed by atoms with Crippen LogP contribution in [0.3, 0.4) is 0 Å². The highest BCUT2D eigenvalue weighted by atomic mass is 32.2. The van der Waals surface area contributed by atoms with Crippen LogP contribution in [0.2, 0.25) is 0 Å². The van der Waals surface area contributed by atoms with Gasteiger partial charge in [0.05, 0.1) is 5.54 Å². The number of hydrogen-bond donors (Lipinski definition) is 1. The number of rotatable bonds is 2. The Morgan fingerprint density at radius 3 is 2.82 bits per heavy atom. The third kappa shape index (κ3) is 2.97. The van der Waals surface area contributed by atoms with E-state index in [0.29, 0.717) is 5.91 Å². The molecule has 1 amide bonds. The van der Waals surface area contributed by atoms with Gasteiger partial charge >= 0.3 is 0 Å². The molecule has 1 N–H and O–H groups in total. The first kappa shape index (κ1) is 13.2. The predicted octanol–water partition coefficient (Wildman–Crippen LogP) is 1.87. The molecule has 2 aliphatic heterocycles. The second-order valence-electron chi connectivity index (χ2n) is 5.44. The van der Waals surface area contributed by atoms with Crippen LogP contribution in [0.5, 0.6) is 0 Å². The third-order valence-electron chi connectivity index (χ3n) is 4.14. The van der Waals surface area contributed by atoms with Crippen molar-refractivity contribution in [1.82, 2.24) is 10.2 Å². The van der Waals surface area contributed by atoms with Crippen LogP contribution in [-0.4, -0.2) is 47.5 Å². The van der Waals surface area contributed by atoms with Crippen LogP contribution in [0, 0.1) is 0 Å². The van der Waals surface area contributed by atoms with Crippen molar-refractivity contribution < 1.29 is 4.79 Å². The van der Waals surface area contributed by atoms with Crippen molar-refractivity contribution in [2.24, 2.45) is 0 Å². The quantitative estimate of drug-likeness (QED) is 0.818. The lowest BCUT2D eigenvalue weighted by molar-refractivity contribution is -0.137. The van der Waals surface area contributed by atoms with Gasteiger partial charge in [-0.25, -0.2) is 0 Å². The lowest BCUT2D eigenvalue weighted by Gasteiger charge is -2.31. The summed E-state index contributed by atoms with van der Waals surface area (Å²) in [5, 5.41) is 4.13. The second-order valence-corrected chi connectivity index (χ2v) is 6.58. The standard InChI is InChI=1S/C13H24N2OS/c1-13(7-4-8-14-13)12(16)15-9-3-5-11(17-2)6-10-15/h11,14H,3-10H2,1-2H3. The first-order chi connectivity index (χ1) is 8.15. The number of likely N-dealkylation sites (tertiary alicyclic amines) is 1. The molecular formula is C13H24N2OS. The smallest absolute Gasteiger partial charge is 0.242 e. The van der Waals surface area contributed by atoms with Crippen LogP contribution < -0.4 is 5.32 Å². The molecule has 4 heteroatoms. The molecule has 0 aliphatic carbocycles. The van der Waals surface area contributed by atoms with Gasteiger partial charge in [0.1, 0.15) is 0 Å². The maximum Gasteiger partial charge on any atom is 0.242 e. The van der Waals surface area contributed by atoms with Crippen molar-refractivity contribution in [3.63, 3.8) is 0 Å². The van der Waals surface area contributed by atoms with E-state index < -0.39 is 0 Å². The molecule has 2 unspecified atom stereocenters. The van der Waals surface area contributed by atoms with Gasteiger partial charge in [0.25, 0.3) is 0 Å². The number of amides is 1. The summed E-state index contributed by atoms with van der Waals surface area (Å²) in [5.41, 5.74) is -0.279. The number of carbonyl (C=O) groups excluding carboxylic acids is 1. The van der Waals surface area contributed by atoms with Gasteiger partial charge in [-0.3, -0.25) is 4.79 Å². The fourth-order valence-corrected chi connectivity index (χ4v) is 3.67. The number of nitrogens with one attached hydrogen (secondary N) is 1. The van der Waals surface area contributed by atoms with Crippen LogP contribution in [0.25, 0.3) is 0 Å². The van der Waals surface area contributed by atoms with Gasteiger partial charge in [0, 0.05) is 18.3 Å². The maximum atomic E-state index is 12.5. The van der Waals surface area contributed by atoms with Crippen molar-refractivity contribution in [2.45, 2.75) is 49.8 Å². The van der Waals surface area contributed by atoms with Gasteiger partial charge in [-0.05, 0) is 51.8 Å². The molecule has 17 heavy (non-hydrogen) atoms. The number of nitrogens with zero attached hydrogens (tertiary/aromatic N) is 1. The van der Waals surface area contributed by atoms with Crippen LogP contribution in [-0.2, 0) is 4.79 Å². The molecule has 0 radical (unpaired) electrons. The van der Waals surface area contributed by atoms with Crippen LogP contribution in [0.1, 0.15) is 39.0 Å². The molecule has 2 fully saturated rings. The van der Waals surface area contributed by atoms with E-state index in [-0.39, 0.29) is 5.54 Å². The number of thioether (sulfide) groups is 1. The van der Waals surface area contributed by atoms with E-state index in [2.05, 4.69) is 23.4 Å². The summed E-state index contributed by atoms with van der Waals surface area (Å²) in [4.78, 5) is 14.6. The van der Waals surface area contributed by atoms with Gasteiger partial charge in [-0.15, -0.1) is 0 Å². The van der Waals surface area contributed by atoms with E-state index in [1.807, 2.05) is 11.8 Å². The minimum atomic E-state index is -0.279. The van der Waals surface area contributed by atoms with E-state index in [4.69, 9.17) is 0 Å². The minimum Gasteiger partial charge on any atom is -0.341 e. The molecule has 2 rings (SSSR count). The van der Waals surface area contributed by atoms with Crippen molar-refractivity contribution in [1.29, 1.82) is 0 Å². The molecule has 0 spiro atoms. The van der Waals surface area contributed by atoms with Gasteiger partial charge in [-0.1, -0.05) is 0 Å². The zero-order chi connectivity index (χ0) is 12.3. The first-order valence-electron chi connectivity index (χ1n) is 6.73. The Hall–Kier alpha value is -0.220. The summed E-state index contributed by atoms with van der Waals surface area (Å²) in [6.07, 6.45) is 7.88. The summed E-state index contributed by atoms with van der Waals surface area (Å²) >= 11 is 1.95. The average Bonchev–Trinajstić information content (AvgIpc) is 2.66. The zero-order valence-electron chi connectivity index (χ0n) is 11.0. The Morgan fingerprint density at radius 2 is 2.18 bits per heavy atom. The predicted molar refractivity (Wildman–Crippen MR) is 73.4 cm³/mol. The fourth-order valence-electron chi connectivity index (χ4n) is 2.93. The van der Waals surface area contributed by atoms with E-state index >= 15 is 0 Å². The highest BCUT2D eigenvalue weighted by Gasteiger charge is 2.39. The average molecular weight is 256 g/mol. The van der Waals surface area contributed by atoms with Crippen molar-refractivity contribution in [3.8, 4) is 0 Å². The number of hydrogen-bond acceptors (Lipinski definition) is 3. The second kappa shape index (κ2) is 5.61. The largest absolute Gasteiger partial charge is 0.341 e. The van der Waals surface area contributed by atoms with Crippen molar-refractivity contribution in [3.05, 3.63) is 0 Å². The monoisotopic (exact) mass is 256 g/mol. The Kier molecular flexibility index (Phi) is 4.36. The molecule has 2 aliphatic rings. The summed E-state index contributed by atoms with van der Waals surface area (Å²) in [6.45, 7) is 4.96. The summed E-state index contributed by atoms with van der Waals surface area (Å²) in [5.74, 6) is 0.330. The zero-order valence-corrected chi connectivity index (χ0v) is 11.8. The Balaban J connectivity index is 1.95. The molecule has 0 aromatic carbocycles. The molecule has 0 aromatic heterocycles. The van der Waals surface area contributed by atoms with Gasteiger partial charge in [0.2, 0.25) is 5.91 Å². The lowest BCUT2D eigenvalue weighted by atomic mass is 9.98. The molecule has 3 nitrogen and oxygen atoms in total. The van der Waals surface area contributed by atoms with Crippen LogP contribution in [0.15, 0.2) is 0 Å². The van der Waals surface area contributed by atoms with Crippen LogP contribution in [0.4, 0.5) is 0 Å². The summed E-state index contributed by atoms with van der Waals surface area (Å²) in [7, 11) is 0. The molecule has 0 aromatic rings. The van der Waals surface area contributed by atoms with Crippen molar-refractivity contribution >= 4 is 17.7 Å². The molecular weight excluding hydrogens is 232 g/mol. The van der Waals surface area contributed by atoms with Gasteiger partial charge < -0.3 is 10.2 Å². The van der Waals surface area contributed by atoms with Gasteiger partial charge in [0.15, 0.2) is 0 Å². The topological polar surface area (TPSA) is 32.3 Å². The summed E-state index contributed by atoms with van der Waals surface area (Å²) < 4.78 is 0. The van der Waals surface area contributed by atoms with E-state index in [1.54, 1.807) is 0 Å². The van der Waals surface area contributed by atoms with E-state index in [0.717, 1.165) is 50.6 Å². The maximum absolute atomic E-state index is 12.5. The fraction of sp³-hybridized carbons (Fsp3) is 0.923.